The Labute approximate surface area is 176 Å². The molecule has 2 aromatic rings. The van der Waals surface area contributed by atoms with E-state index in [4.69, 9.17) is 0 Å². The number of carbonyl (C=O) groups excluding carboxylic acids is 2. The standard InChI is InChI=1S/C23H29N5O2/c29-21-14-17(15-28(21)19-6-3-4-7-19)23(30)24-18-11-9-16(10-12-18)22-26-25-20-8-2-1-5-13-27(20)22/h9-12,17,19H,1-8,13-15H2,(H,24,30)/t17-/m0/s1. The van der Waals surface area contributed by atoms with Crippen molar-refractivity contribution in [3.05, 3.63) is 30.1 Å². The van der Waals surface area contributed by atoms with E-state index >= 15 is 0 Å². The molecule has 0 unspecified atom stereocenters. The monoisotopic (exact) mass is 407 g/mol. The Morgan fingerprint density at radius 1 is 1.00 bits per heavy atom. The van der Waals surface area contributed by atoms with Gasteiger partial charge in [-0.3, -0.25) is 9.59 Å². The van der Waals surface area contributed by atoms with Gasteiger partial charge in [0.2, 0.25) is 11.8 Å². The van der Waals surface area contributed by atoms with Crippen molar-refractivity contribution in [2.45, 2.75) is 70.4 Å². The first kappa shape index (κ1) is 19.3. The van der Waals surface area contributed by atoms with E-state index in [1.807, 2.05) is 29.2 Å². The number of amides is 2. The maximum Gasteiger partial charge on any atom is 0.229 e. The van der Waals surface area contributed by atoms with E-state index in [0.717, 1.165) is 55.1 Å². The molecule has 1 N–H and O–H groups in total. The SMILES string of the molecule is O=C(Nc1ccc(-c2nnc3n2CCCCC3)cc1)[C@H]1CC(=O)N(C2CCCC2)C1. The summed E-state index contributed by atoms with van der Waals surface area (Å²) in [4.78, 5) is 27.1. The molecule has 2 aliphatic heterocycles. The van der Waals surface area contributed by atoms with E-state index in [2.05, 4.69) is 20.1 Å². The molecule has 1 aromatic carbocycles. The predicted octanol–water partition coefficient (Wildman–Crippen LogP) is 3.40. The molecule has 158 valence electrons. The lowest BCUT2D eigenvalue weighted by molar-refractivity contribution is -0.129. The van der Waals surface area contributed by atoms with Crippen molar-refractivity contribution in [1.29, 1.82) is 0 Å². The molecule has 1 aromatic heterocycles. The van der Waals surface area contributed by atoms with Crippen molar-refractivity contribution in [2.75, 3.05) is 11.9 Å². The fraction of sp³-hybridized carbons (Fsp3) is 0.565. The van der Waals surface area contributed by atoms with Gasteiger partial charge in [0.15, 0.2) is 5.82 Å². The zero-order valence-electron chi connectivity index (χ0n) is 17.3. The van der Waals surface area contributed by atoms with Crippen LogP contribution in [-0.4, -0.2) is 44.1 Å². The summed E-state index contributed by atoms with van der Waals surface area (Å²) in [6.07, 6.45) is 9.40. The molecule has 1 saturated carbocycles. The number of fused-ring (bicyclic) bond motifs is 1. The molecular weight excluding hydrogens is 378 g/mol. The number of hydrogen-bond donors (Lipinski definition) is 1. The number of rotatable bonds is 4. The molecule has 5 rings (SSSR count). The van der Waals surface area contributed by atoms with Gasteiger partial charge in [0.05, 0.1) is 5.92 Å². The minimum Gasteiger partial charge on any atom is -0.339 e. The summed E-state index contributed by atoms with van der Waals surface area (Å²) < 4.78 is 2.22. The molecule has 3 heterocycles. The average Bonchev–Trinajstić information content (AvgIpc) is 3.46. The third-order valence-electron chi connectivity index (χ3n) is 6.81. The summed E-state index contributed by atoms with van der Waals surface area (Å²) in [5.41, 5.74) is 1.77. The van der Waals surface area contributed by atoms with Crippen LogP contribution < -0.4 is 5.32 Å². The molecular formula is C23H29N5O2. The number of nitrogens with zero attached hydrogens (tertiary/aromatic N) is 4. The normalized spacial score (nSPS) is 22.2. The number of anilines is 1. The molecule has 7 nitrogen and oxygen atoms in total. The molecule has 3 aliphatic rings. The molecule has 30 heavy (non-hydrogen) atoms. The molecule has 0 radical (unpaired) electrons. The minimum absolute atomic E-state index is 0.0621. The van der Waals surface area contributed by atoms with E-state index in [9.17, 15) is 9.59 Å². The fourth-order valence-electron chi connectivity index (χ4n) is 5.12. The quantitative estimate of drug-likeness (QED) is 0.842. The van der Waals surface area contributed by atoms with E-state index < -0.39 is 0 Å². The highest BCUT2D eigenvalue weighted by molar-refractivity contribution is 5.97. The Balaban J connectivity index is 1.24. The largest absolute Gasteiger partial charge is 0.339 e. The topological polar surface area (TPSA) is 80.1 Å². The van der Waals surface area contributed by atoms with Gasteiger partial charge >= 0.3 is 0 Å². The molecule has 2 fully saturated rings. The van der Waals surface area contributed by atoms with Crippen LogP contribution in [-0.2, 0) is 22.6 Å². The molecule has 2 amide bonds. The van der Waals surface area contributed by atoms with Crippen molar-refractivity contribution in [3.63, 3.8) is 0 Å². The smallest absolute Gasteiger partial charge is 0.229 e. The van der Waals surface area contributed by atoms with Crippen LogP contribution >= 0.6 is 0 Å². The third-order valence-corrected chi connectivity index (χ3v) is 6.81. The van der Waals surface area contributed by atoms with Gasteiger partial charge in [-0.1, -0.05) is 19.3 Å². The first-order valence-corrected chi connectivity index (χ1v) is 11.3. The fourth-order valence-corrected chi connectivity index (χ4v) is 5.12. The number of likely N-dealkylation sites (tertiary alicyclic amines) is 1. The predicted molar refractivity (Wildman–Crippen MR) is 114 cm³/mol. The van der Waals surface area contributed by atoms with Gasteiger partial charge in [-0.25, -0.2) is 0 Å². The van der Waals surface area contributed by atoms with Crippen molar-refractivity contribution in [1.82, 2.24) is 19.7 Å². The van der Waals surface area contributed by atoms with Crippen LogP contribution in [0.2, 0.25) is 0 Å². The van der Waals surface area contributed by atoms with Crippen molar-refractivity contribution >= 4 is 17.5 Å². The van der Waals surface area contributed by atoms with E-state index in [0.29, 0.717) is 19.0 Å². The number of carbonyl (C=O) groups is 2. The lowest BCUT2D eigenvalue weighted by atomic mass is 10.1. The van der Waals surface area contributed by atoms with Crippen molar-refractivity contribution in [2.24, 2.45) is 5.92 Å². The number of hydrogen-bond acceptors (Lipinski definition) is 4. The maximum atomic E-state index is 12.7. The van der Waals surface area contributed by atoms with E-state index in [-0.39, 0.29) is 17.7 Å². The zero-order chi connectivity index (χ0) is 20.5. The molecule has 7 heteroatoms. The van der Waals surface area contributed by atoms with Crippen molar-refractivity contribution < 1.29 is 9.59 Å². The summed E-state index contributed by atoms with van der Waals surface area (Å²) in [6, 6.07) is 8.15. The van der Waals surface area contributed by atoms with Gasteiger partial charge < -0.3 is 14.8 Å². The lowest BCUT2D eigenvalue weighted by Gasteiger charge is -2.23. The Bertz CT molecular complexity index is 930. The van der Waals surface area contributed by atoms with Gasteiger partial charge in [0, 0.05) is 43.2 Å². The second-order valence-corrected chi connectivity index (χ2v) is 8.85. The van der Waals surface area contributed by atoms with Crippen LogP contribution in [0.5, 0.6) is 0 Å². The Kier molecular flexibility index (Phi) is 5.27. The first-order chi connectivity index (χ1) is 14.7. The molecule has 1 atom stereocenters. The number of aryl methyl sites for hydroxylation is 1. The number of nitrogens with one attached hydrogen (secondary N) is 1. The summed E-state index contributed by atoms with van der Waals surface area (Å²) in [5, 5.41) is 11.8. The van der Waals surface area contributed by atoms with Crippen LogP contribution in [0, 0.1) is 5.92 Å². The van der Waals surface area contributed by atoms with Gasteiger partial charge in [0.25, 0.3) is 0 Å². The Morgan fingerprint density at radius 2 is 1.80 bits per heavy atom. The van der Waals surface area contributed by atoms with Gasteiger partial charge in [-0.05, 0) is 49.9 Å². The van der Waals surface area contributed by atoms with E-state index in [1.54, 1.807) is 0 Å². The third kappa shape index (κ3) is 3.73. The van der Waals surface area contributed by atoms with Gasteiger partial charge in [0.1, 0.15) is 5.82 Å². The highest BCUT2D eigenvalue weighted by Gasteiger charge is 2.38. The van der Waals surface area contributed by atoms with Crippen molar-refractivity contribution in [3.8, 4) is 11.4 Å². The Hall–Kier alpha value is -2.70. The number of aromatic nitrogens is 3. The first-order valence-electron chi connectivity index (χ1n) is 11.3. The van der Waals surface area contributed by atoms with Crippen LogP contribution in [0.15, 0.2) is 24.3 Å². The Morgan fingerprint density at radius 3 is 2.60 bits per heavy atom. The molecule has 1 saturated heterocycles. The highest BCUT2D eigenvalue weighted by Crippen LogP contribution is 2.30. The second-order valence-electron chi connectivity index (χ2n) is 8.85. The minimum atomic E-state index is -0.259. The van der Waals surface area contributed by atoms with Gasteiger partial charge in [-0.2, -0.15) is 0 Å². The second kappa shape index (κ2) is 8.20. The van der Waals surface area contributed by atoms with E-state index in [1.165, 1.54) is 25.7 Å². The lowest BCUT2D eigenvalue weighted by Crippen LogP contribution is -2.35. The summed E-state index contributed by atoms with van der Waals surface area (Å²) in [5.74, 6) is 1.78. The van der Waals surface area contributed by atoms with Gasteiger partial charge in [-0.15, -0.1) is 10.2 Å². The highest BCUT2D eigenvalue weighted by atomic mass is 16.2. The maximum absolute atomic E-state index is 12.7. The van der Waals surface area contributed by atoms with Crippen LogP contribution in [0.3, 0.4) is 0 Å². The summed E-state index contributed by atoms with van der Waals surface area (Å²) in [6.45, 7) is 1.52. The molecule has 0 bridgehead atoms. The molecule has 0 spiro atoms. The summed E-state index contributed by atoms with van der Waals surface area (Å²) in [7, 11) is 0. The average molecular weight is 408 g/mol. The van der Waals surface area contributed by atoms with Crippen LogP contribution in [0.1, 0.15) is 57.2 Å². The van der Waals surface area contributed by atoms with Crippen LogP contribution in [0.25, 0.3) is 11.4 Å². The van der Waals surface area contributed by atoms with Crippen LogP contribution in [0.4, 0.5) is 5.69 Å². The summed E-state index contributed by atoms with van der Waals surface area (Å²) >= 11 is 0. The molecule has 1 aliphatic carbocycles. The zero-order valence-corrected chi connectivity index (χ0v) is 17.3. The number of benzene rings is 1.